The van der Waals surface area contributed by atoms with Crippen molar-refractivity contribution in [2.75, 3.05) is 26.3 Å². The predicted molar refractivity (Wildman–Crippen MR) is 45.4 cm³/mol. The van der Waals surface area contributed by atoms with Crippen molar-refractivity contribution in [2.45, 2.75) is 19.1 Å². The second kappa shape index (κ2) is 4.55. The fraction of sp³-hybridized carbons (Fsp3) is 0.875. The molecule has 2 N–H and O–H groups in total. The SMILES string of the molecule is CC1(CCNCC(=O)O)OCCO1. The Hall–Kier alpha value is -0.650. The largest absolute Gasteiger partial charge is 0.480 e. The molecule has 0 aliphatic carbocycles. The Bertz CT molecular complexity index is 177. The van der Waals surface area contributed by atoms with Gasteiger partial charge >= 0.3 is 5.97 Å². The summed E-state index contributed by atoms with van der Waals surface area (Å²) in [4.78, 5) is 10.2. The van der Waals surface area contributed by atoms with E-state index < -0.39 is 11.8 Å². The lowest BCUT2D eigenvalue weighted by atomic mass is 10.2. The average Bonchev–Trinajstić information content (AvgIpc) is 2.47. The molecule has 5 heteroatoms. The summed E-state index contributed by atoms with van der Waals surface area (Å²) in [5.41, 5.74) is 0. The first kappa shape index (κ1) is 10.4. The fourth-order valence-electron chi connectivity index (χ4n) is 1.21. The average molecular weight is 189 g/mol. The van der Waals surface area contributed by atoms with Gasteiger partial charge in [-0.25, -0.2) is 0 Å². The van der Waals surface area contributed by atoms with Gasteiger partial charge < -0.3 is 19.9 Å². The van der Waals surface area contributed by atoms with Crippen LogP contribution >= 0.6 is 0 Å². The summed E-state index contributed by atoms with van der Waals surface area (Å²) in [6.45, 7) is 3.67. The number of hydrogen-bond donors (Lipinski definition) is 2. The van der Waals surface area contributed by atoms with Crippen molar-refractivity contribution in [3.05, 3.63) is 0 Å². The number of hydrogen-bond acceptors (Lipinski definition) is 4. The number of nitrogens with one attached hydrogen (secondary N) is 1. The summed E-state index contributed by atoms with van der Waals surface area (Å²) in [5, 5.41) is 11.1. The van der Waals surface area contributed by atoms with E-state index in [-0.39, 0.29) is 6.54 Å². The Morgan fingerprint density at radius 2 is 2.15 bits per heavy atom. The van der Waals surface area contributed by atoms with Crippen molar-refractivity contribution in [3.63, 3.8) is 0 Å². The highest BCUT2D eigenvalue weighted by Gasteiger charge is 2.29. The van der Waals surface area contributed by atoms with Crippen LogP contribution in [-0.2, 0) is 14.3 Å². The third kappa shape index (κ3) is 3.71. The maximum absolute atomic E-state index is 10.2. The molecule has 1 aliphatic heterocycles. The van der Waals surface area contributed by atoms with E-state index in [1.165, 1.54) is 0 Å². The fourth-order valence-corrected chi connectivity index (χ4v) is 1.21. The minimum atomic E-state index is -0.849. The van der Waals surface area contributed by atoms with Gasteiger partial charge in [0.05, 0.1) is 19.8 Å². The maximum Gasteiger partial charge on any atom is 0.317 e. The van der Waals surface area contributed by atoms with Gasteiger partial charge in [-0.1, -0.05) is 0 Å². The zero-order chi connectivity index (χ0) is 9.73. The van der Waals surface area contributed by atoms with E-state index >= 15 is 0 Å². The highest BCUT2D eigenvalue weighted by atomic mass is 16.7. The first-order chi connectivity index (χ1) is 6.12. The standard InChI is InChI=1S/C8H15NO4/c1-8(12-4-5-13-8)2-3-9-6-7(10)11/h9H,2-6H2,1H3,(H,10,11). The van der Waals surface area contributed by atoms with Crippen LogP contribution in [-0.4, -0.2) is 43.2 Å². The molecule has 1 heterocycles. The predicted octanol–water partition coefficient (Wildman–Crippen LogP) is -0.186. The van der Waals surface area contributed by atoms with E-state index in [2.05, 4.69) is 5.32 Å². The Balaban J connectivity index is 2.07. The zero-order valence-corrected chi connectivity index (χ0v) is 7.71. The molecular formula is C8H15NO4. The third-order valence-electron chi connectivity index (χ3n) is 1.93. The molecule has 0 radical (unpaired) electrons. The van der Waals surface area contributed by atoms with Crippen molar-refractivity contribution in [1.82, 2.24) is 5.32 Å². The molecule has 1 fully saturated rings. The Morgan fingerprint density at radius 1 is 1.54 bits per heavy atom. The number of aliphatic carboxylic acids is 1. The lowest BCUT2D eigenvalue weighted by molar-refractivity contribution is -0.146. The molecule has 1 rings (SSSR count). The number of carboxylic acid groups (broad SMARTS) is 1. The number of rotatable bonds is 5. The Kier molecular flexibility index (Phi) is 3.65. The van der Waals surface area contributed by atoms with Gasteiger partial charge in [-0.05, 0) is 6.92 Å². The molecule has 0 aromatic rings. The summed E-state index contributed by atoms with van der Waals surface area (Å²) in [5.74, 6) is -1.37. The molecule has 0 unspecified atom stereocenters. The first-order valence-corrected chi connectivity index (χ1v) is 4.33. The molecule has 1 aliphatic rings. The van der Waals surface area contributed by atoms with Crippen LogP contribution in [0.5, 0.6) is 0 Å². The molecule has 0 aromatic carbocycles. The van der Waals surface area contributed by atoms with Crippen LogP contribution in [0.1, 0.15) is 13.3 Å². The summed E-state index contributed by atoms with van der Waals surface area (Å²) in [6, 6.07) is 0. The van der Waals surface area contributed by atoms with Crippen molar-refractivity contribution in [3.8, 4) is 0 Å². The van der Waals surface area contributed by atoms with Gasteiger partial charge in [-0.3, -0.25) is 4.79 Å². The molecule has 0 amide bonds. The van der Waals surface area contributed by atoms with Gasteiger partial charge in [-0.15, -0.1) is 0 Å². The van der Waals surface area contributed by atoms with Crippen LogP contribution in [0.15, 0.2) is 0 Å². The Labute approximate surface area is 77.0 Å². The van der Waals surface area contributed by atoms with Gasteiger partial charge in [-0.2, -0.15) is 0 Å². The maximum atomic E-state index is 10.2. The molecule has 0 saturated carbocycles. The Morgan fingerprint density at radius 3 is 2.69 bits per heavy atom. The summed E-state index contributed by atoms with van der Waals surface area (Å²) < 4.78 is 10.7. The molecule has 0 atom stereocenters. The van der Waals surface area contributed by atoms with Crippen molar-refractivity contribution in [1.29, 1.82) is 0 Å². The molecule has 1 saturated heterocycles. The van der Waals surface area contributed by atoms with E-state index in [4.69, 9.17) is 14.6 Å². The van der Waals surface area contributed by atoms with E-state index in [0.717, 1.165) is 0 Å². The van der Waals surface area contributed by atoms with Crippen LogP contribution in [0.2, 0.25) is 0 Å². The quantitative estimate of drug-likeness (QED) is 0.587. The number of carboxylic acids is 1. The number of carbonyl (C=O) groups is 1. The normalized spacial score (nSPS) is 20.4. The molecule has 5 nitrogen and oxygen atoms in total. The van der Waals surface area contributed by atoms with Gasteiger partial charge in [0.2, 0.25) is 0 Å². The van der Waals surface area contributed by atoms with E-state index in [1.54, 1.807) is 0 Å². The summed E-state index contributed by atoms with van der Waals surface area (Å²) in [6.07, 6.45) is 0.667. The first-order valence-electron chi connectivity index (χ1n) is 4.33. The minimum Gasteiger partial charge on any atom is -0.480 e. The number of ether oxygens (including phenoxy) is 2. The third-order valence-corrected chi connectivity index (χ3v) is 1.93. The summed E-state index contributed by atoms with van der Waals surface area (Å²) >= 11 is 0. The van der Waals surface area contributed by atoms with Crippen molar-refractivity contribution in [2.24, 2.45) is 0 Å². The lowest BCUT2D eigenvalue weighted by Gasteiger charge is -2.21. The second-order valence-corrected chi connectivity index (χ2v) is 3.15. The lowest BCUT2D eigenvalue weighted by Crippen LogP contribution is -2.32. The molecular weight excluding hydrogens is 174 g/mol. The van der Waals surface area contributed by atoms with Gasteiger partial charge in [0.1, 0.15) is 0 Å². The van der Waals surface area contributed by atoms with Gasteiger partial charge in [0.15, 0.2) is 5.79 Å². The monoisotopic (exact) mass is 189 g/mol. The molecule has 0 bridgehead atoms. The van der Waals surface area contributed by atoms with Crippen LogP contribution in [0.4, 0.5) is 0 Å². The molecule has 76 valence electrons. The van der Waals surface area contributed by atoms with Crippen LogP contribution in [0.3, 0.4) is 0 Å². The highest BCUT2D eigenvalue weighted by Crippen LogP contribution is 2.21. The van der Waals surface area contributed by atoms with Crippen molar-refractivity contribution < 1.29 is 19.4 Å². The van der Waals surface area contributed by atoms with Crippen LogP contribution in [0.25, 0.3) is 0 Å². The smallest absolute Gasteiger partial charge is 0.317 e. The van der Waals surface area contributed by atoms with E-state index in [1.807, 2.05) is 6.92 Å². The van der Waals surface area contributed by atoms with Crippen molar-refractivity contribution >= 4 is 5.97 Å². The van der Waals surface area contributed by atoms with E-state index in [0.29, 0.717) is 26.2 Å². The summed E-state index contributed by atoms with van der Waals surface area (Å²) in [7, 11) is 0. The van der Waals surface area contributed by atoms with Gasteiger partial charge in [0, 0.05) is 13.0 Å². The second-order valence-electron chi connectivity index (χ2n) is 3.15. The highest BCUT2D eigenvalue weighted by molar-refractivity contribution is 5.68. The van der Waals surface area contributed by atoms with Crippen LogP contribution in [0, 0.1) is 0 Å². The van der Waals surface area contributed by atoms with Crippen LogP contribution < -0.4 is 5.32 Å². The van der Waals surface area contributed by atoms with E-state index in [9.17, 15) is 4.79 Å². The van der Waals surface area contributed by atoms with Gasteiger partial charge in [0.25, 0.3) is 0 Å². The zero-order valence-electron chi connectivity index (χ0n) is 7.71. The molecule has 13 heavy (non-hydrogen) atoms. The molecule has 0 spiro atoms. The minimum absolute atomic E-state index is 0.0178. The molecule has 0 aromatic heterocycles. The topological polar surface area (TPSA) is 67.8 Å².